The van der Waals surface area contributed by atoms with Crippen LogP contribution in [-0.2, 0) is 12.3 Å². The molecule has 1 rings (SSSR count). The molecule has 0 bridgehead atoms. The second-order valence-corrected chi connectivity index (χ2v) is 4.31. The smallest absolute Gasteiger partial charge is 0.0948 e. The van der Waals surface area contributed by atoms with Crippen LogP contribution >= 0.6 is 11.8 Å². The Hall–Kier alpha value is -0.480. The first-order valence-corrected chi connectivity index (χ1v) is 6.21. The van der Waals surface area contributed by atoms with Gasteiger partial charge in [-0.3, -0.25) is 0 Å². The van der Waals surface area contributed by atoms with E-state index in [2.05, 4.69) is 16.5 Å². The van der Waals surface area contributed by atoms with Gasteiger partial charge in [0.2, 0.25) is 0 Å². The number of aryl methyl sites for hydroxylation is 1. The first kappa shape index (κ1) is 11.6. The Bertz CT molecular complexity index is 250. The monoisotopic (exact) mass is 214 g/mol. The Balaban J connectivity index is 2.30. The molecule has 0 radical (unpaired) electrons. The van der Waals surface area contributed by atoms with Crippen molar-refractivity contribution in [3.05, 3.63) is 18.2 Å². The van der Waals surface area contributed by atoms with E-state index < -0.39 is 0 Å². The fraction of sp³-hybridized carbons (Fsp3) is 0.700. The van der Waals surface area contributed by atoms with Gasteiger partial charge in [0.25, 0.3) is 0 Å². The highest BCUT2D eigenvalue weighted by Gasteiger charge is 2.00. The van der Waals surface area contributed by atoms with Crippen molar-refractivity contribution in [3.63, 3.8) is 0 Å². The standard InChI is InChI=1S/C10H18N2OS/c1-2-4-12-9-11-7-10(12)8-14-6-3-5-13/h7,9,13H,2-6,8H2,1H3. The molecule has 1 N–H and O–H groups in total. The zero-order chi connectivity index (χ0) is 10.2. The fourth-order valence-electron chi connectivity index (χ4n) is 1.25. The molecular formula is C10H18N2OS. The van der Waals surface area contributed by atoms with Gasteiger partial charge in [-0.1, -0.05) is 6.92 Å². The van der Waals surface area contributed by atoms with Crippen molar-refractivity contribution in [2.45, 2.75) is 32.1 Å². The molecule has 0 spiro atoms. The molecule has 0 aliphatic heterocycles. The second kappa shape index (κ2) is 6.90. The molecule has 0 atom stereocenters. The molecule has 0 fully saturated rings. The zero-order valence-electron chi connectivity index (χ0n) is 8.65. The summed E-state index contributed by atoms with van der Waals surface area (Å²) in [5.41, 5.74) is 1.29. The lowest BCUT2D eigenvalue weighted by Crippen LogP contribution is -2.00. The Labute approximate surface area is 89.5 Å². The van der Waals surface area contributed by atoms with Gasteiger partial charge in [-0.05, 0) is 18.6 Å². The van der Waals surface area contributed by atoms with Gasteiger partial charge in [-0.25, -0.2) is 4.98 Å². The van der Waals surface area contributed by atoms with Crippen LogP contribution in [0.5, 0.6) is 0 Å². The lowest BCUT2D eigenvalue weighted by atomic mass is 10.4. The molecule has 4 heteroatoms. The maximum Gasteiger partial charge on any atom is 0.0948 e. The van der Waals surface area contributed by atoms with Crippen molar-refractivity contribution >= 4 is 11.8 Å². The van der Waals surface area contributed by atoms with E-state index in [0.717, 1.165) is 30.9 Å². The number of hydrogen-bond donors (Lipinski definition) is 1. The molecule has 80 valence electrons. The Kier molecular flexibility index (Phi) is 5.71. The van der Waals surface area contributed by atoms with E-state index in [9.17, 15) is 0 Å². The summed E-state index contributed by atoms with van der Waals surface area (Å²) in [6.45, 7) is 3.51. The zero-order valence-corrected chi connectivity index (χ0v) is 9.46. The first-order chi connectivity index (χ1) is 6.88. The average Bonchev–Trinajstić information content (AvgIpc) is 2.61. The van der Waals surface area contributed by atoms with E-state index in [1.807, 2.05) is 24.3 Å². The first-order valence-electron chi connectivity index (χ1n) is 5.06. The van der Waals surface area contributed by atoms with Crippen LogP contribution in [0.4, 0.5) is 0 Å². The molecule has 0 aromatic carbocycles. The Morgan fingerprint density at radius 3 is 3.14 bits per heavy atom. The van der Waals surface area contributed by atoms with Gasteiger partial charge in [-0.2, -0.15) is 11.8 Å². The highest BCUT2D eigenvalue weighted by molar-refractivity contribution is 7.98. The van der Waals surface area contributed by atoms with Crippen LogP contribution < -0.4 is 0 Å². The number of aromatic nitrogens is 2. The number of aliphatic hydroxyl groups excluding tert-OH is 1. The van der Waals surface area contributed by atoms with Gasteiger partial charge in [0, 0.05) is 30.8 Å². The predicted octanol–water partition coefficient (Wildman–Crippen LogP) is 1.91. The van der Waals surface area contributed by atoms with Crippen LogP contribution in [0.1, 0.15) is 25.5 Å². The van der Waals surface area contributed by atoms with Crippen LogP contribution in [0.3, 0.4) is 0 Å². The summed E-state index contributed by atoms with van der Waals surface area (Å²) in [5, 5.41) is 8.63. The Morgan fingerprint density at radius 1 is 1.57 bits per heavy atom. The molecule has 1 aromatic rings. The maximum absolute atomic E-state index is 8.63. The highest BCUT2D eigenvalue weighted by atomic mass is 32.2. The third-order valence-corrected chi connectivity index (χ3v) is 3.04. The third kappa shape index (κ3) is 3.72. The average molecular weight is 214 g/mol. The van der Waals surface area contributed by atoms with Crippen molar-refractivity contribution in [1.29, 1.82) is 0 Å². The van der Waals surface area contributed by atoms with E-state index in [1.165, 1.54) is 5.69 Å². The summed E-state index contributed by atoms with van der Waals surface area (Å²) in [5.74, 6) is 2.02. The minimum absolute atomic E-state index is 0.293. The van der Waals surface area contributed by atoms with E-state index in [0.29, 0.717) is 6.61 Å². The number of thioether (sulfide) groups is 1. The van der Waals surface area contributed by atoms with E-state index in [1.54, 1.807) is 0 Å². The molecule has 0 amide bonds. The largest absolute Gasteiger partial charge is 0.396 e. The lowest BCUT2D eigenvalue weighted by Gasteiger charge is -2.05. The minimum Gasteiger partial charge on any atom is -0.396 e. The molecule has 1 aromatic heterocycles. The molecule has 0 saturated carbocycles. The summed E-state index contributed by atoms with van der Waals surface area (Å²) in [6.07, 6.45) is 5.85. The van der Waals surface area contributed by atoms with Crippen LogP contribution in [0.25, 0.3) is 0 Å². The van der Waals surface area contributed by atoms with Crippen molar-refractivity contribution in [1.82, 2.24) is 9.55 Å². The molecule has 1 heterocycles. The normalized spacial score (nSPS) is 10.7. The summed E-state index contributed by atoms with van der Waals surface area (Å²) in [4.78, 5) is 4.14. The molecule has 14 heavy (non-hydrogen) atoms. The van der Waals surface area contributed by atoms with Crippen LogP contribution in [0, 0.1) is 0 Å². The summed E-state index contributed by atoms with van der Waals surface area (Å²) < 4.78 is 2.20. The topological polar surface area (TPSA) is 38.0 Å². The number of nitrogens with zero attached hydrogens (tertiary/aromatic N) is 2. The summed E-state index contributed by atoms with van der Waals surface area (Å²) in [6, 6.07) is 0. The number of rotatable bonds is 7. The molecule has 0 aliphatic carbocycles. The van der Waals surface area contributed by atoms with E-state index >= 15 is 0 Å². The van der Waals surface area contributed by atoms with Crippen molar-refractivity contribution in [2.75, 3.05) is 12.4 Å². The highest BCUT2D eigenvalue weighted by Crippen LogP contribution is 2.12. The predicted molar refractivity (Wildman–Crippen MR) is 60.4 cm³/mol. The van der Waals surface area contributed by atoms with Crippen molar-refractivity contribution < 1.29 is 5.11 Å². The van der Waals surface area contributed by atoms with Gasteiger partial charge in [-0.15, -0.1) is 0 Å². The third-order valence-electron chi connectivity index (χ3n) is 1.96. The molecule has 0 unspecified atom stereocenters. The quantitative estimate of drug-likeness (QED) is 0.705. The van der Waals surface area contributed by atoms with E-state index in [4.69, 9.17) is 5.11 Å². The van der Waals surface area contributed by atoms with Gasteiger partial charge in [0.1, 0.15) is 0 Å². The lowest BCUT2D eigenvalue weighted by molar-refractivity contribution is 0.296. The number of aliphatic hydroxyl groups is 1. The van der Waals surface area contributed by atoms with Gasteiger partial charge in [0.15, 0.2) is 0 Å². The van der Waals surface area contributed by atoms with Crippen molar-refractivity contribution in [3.8, 4) is 0 Å². The Morgan fingerprint density at radius 2 is 2.43 bits per heavy atom. The van der Waals surface area contributed by atoms with Crippen LogP contribution in [0.15, 0.2) is 12.5 Å². The molecule has 0 aliphatic rings. The molecular weight excluding hydrogens is 196 g/mol. The van der Waals surface area contributed by atoms with Crippen molar-refractivity contribution in [2.24, 2.45) is 0 Å². The SMILES string of the molecule is CCCn1cncc1CSCCCO. The summed E-state index contributed by atoms with van der Waals surface area (Å²) in [7, 11) is 0. The molecule has 0 saturated heterocycles. The number of imidazole rings is 1. The fourth-order valence-corrected chi connectivity index (χ4v) is 2.18. The van der Waals surface area contributed by atoms with Gasteiger partial charge < -0.3 is 9.67 Å². The second-order valence-electron chi connectivity index (χ2n) is 3.21. The maximum atomic E-state index is 8.63. The van der Waals surface area contributed by atoms with Crippen LogP contribution in [0.2, 0.25) is 0 Å². The molecule has 3 nitrogen and oxygen atoms in total. The summed E-state index contributed by atoms with van der Waals surface area (Å²) >= 11 is 1.85. The van der Waals surface area contributed by atoms with E-state index in [-0.39, 0.29) is 0 Å². The minimum atomic E-state index is 0.293. The van der Waals surface area contributed by atoms with Crippen LogP contribution in [-0.4, -0.2) is 27.0 Å². The number of hydrogen-bond acceptors (Lipinski definition) is 3. The van der Waals surface area contributed by atoms with Gasteiger partial charge in [0.05, 0.1) is 6.33 Å². The van der Waals surface area contributed by atoms with Gasteiger partial charge >= 0.3 is 0 Å².